The molecule has 0 atom stereocenters. The molecule has 0 aromatic rings. The van der Waals surface area contributed by atoms with E-state index in [1.54, 1.807) is 6.92 Å². The molecule has 0 bridgehead atoms. The zero-order valence-electron chi connectivity index (χ0n) is 13.2. The molecule has 136 valence electrons. The molecule has 0 spiro atoms. The van der Waals surface area contributed by atoms with Gasteiger partial charge in [0.15, 0.2) is 5.96 Å². The van der Waals surface area contributed by atoms with Gasteiger partial charge < -0.3 is 10.6 Å². The quantitative estimate of drug-likeness (QED) is 0.427. The summed E-state index contributed by atoms with van der Waals surface area (Å²) in [4.78, 5) is 3.77. The highest BCUT2D eigenvalue weighted by molar-refractivity contribution is 7.89. The van der Waals surface area contributed by atoms with E-state index in [9.17, 15) is 21.6 Å². The number of sulfonamides is 1. The summed E-state index contributed by atoms with van der Waals surface area (Å²) in [5.41, 5.74) is 0. The van der Waals surface area contributed by atoms with E-state index < -0.39 is 29.2 Å². The largest absolute Gasteiger partial charge is 0.390 e. The van der Waals surface area contributed by atoms with E-state index in [-0.39, 0.29) is 18.3 Å². The minimum Gasteiger partial charge on any atom is -0.357 e. The summed E-state index contributed by atoms with van der Waals surface area (Å²) in [6.07, 6.45) is -2.01. The molecule has 1 saturated carbocycles. The molecule has 0 saturated heterocycles. The smallest absolute Gasteiger partial charge is 0.357 e. The van der Waals surface area contributed by atoms with Gasteiger partial charge in [0.1, 0.15) is 0 Å². The molecule has 6 nitrogen and oxygen atoms in total. The van der Waals surface area contributed by atoms with Crippen molar-refractivity contribution in [3.63, 3.8) is 0 Å². The predicted octanol–water partition coefficient (Wildman–Crippen LogP) is 1.21. The first kappa shape index (κ1) is 20.0. The van der Waals surface area contributed by atoms with Crippen LogP contribution in [0.1, 0.15) is 32.6 Å². The molecule has 0 aromatic heterocycles. The van der Waals surface area contributed by atoms with E-state index in [4.69, 9.17) is 0 Å². The molecule has 0 unspecified atom stereocenters. The second-order valence-corrected chi connectivity index (χ2v) is 7.44. The normalized spacial score (nSPS) is 17.0. The van der Waals surface area contributed by atoms with E-state index in [1.807, 2.05) is 0 Å². The van der Waals surface area contributed by atoms with Crippen LogP contribution in [0, 0.1) is 5.92 Å². The highest BCUT2D eigenvalue weighted by Gasteiger charge is 2.26. The molecular weight excluding hydrogens is 333 g/mol. The van der Waals surface area contributed by atoms with Gasteiger partial charge in [0, 0.05) is 19.6 Å². The summed E-state index contributed by atoms with van der Waals surface area (Å²) >= 11 is 0. The second kappa shape index (κ2) is 9.31. The first-order valence-electron chi connectivity index (χ1n) is 7.78. The van der Waals surface area contributed by atoms with Gasteiger partial charge in [0.05, 0.1) is 18.7 Å². The molecule has 1 aliphatic rings. The third kappa shape index (κ3) is 9.65. The molecule has 1 rings (SSSR count). The van der Waals surface area contributed by atoms with Crippen LogP contribution in [0.15, 0.2) is 4.99 Å². The fourth-order valence-corrected chi connectivity index (χ4v) is 2.96. The number of alkyl halides is 3. The van der Waals surface area contributed by atoms with Gasteiger partial charge in [-0.15, -0.1) is 0 Å². The Labute approximate surface area is 135 Å². The maximum Gasteiger partial charge on any atom is 0.390 e. The van der Waals surface area contributed by atoms with E-state index in [1.165, 1.54) is 0 Å². The third-order valence-corrected chi connectivity index (χ3v) is 4.84. The van der Waals surface area contributed by atoms with Gasteiger partial charge >= 0.3 is 6.18 Å². The second-order valence-electron chi connectivity index (χ2n) is 5.52. The summed E-state index contributed by atoms with van der Waals surface area (Å²) < 4.78 is 62.4. The van der Waals surface area contributed by atoms with Crippen LogP contribution < -0.4 is 15.4 Å². The molecule has 10 heteroatoms. The number of rotatable bonds is 9. The molecule has 3 N–H and O–H groups in total. The number of guanidine groups is 1. The van der Waals surface area contributed by atoms with Gasteiger partial charge in [0.25, 0.3) is 0 Å². The molecule has 0 heterocycles. The van der Waals surface area contributed by atoms with Crippen molar-refractivity contribution in [3.8, 4) is 0 Å². The van der Waals surface area contributed by atoms with E-state index >= 15 is 0 Å². The lowest BCUT2D eigenvalue weighted by Gasteiger charge is -2.25. The first-order valence-corrected chi connectivity index (χ1v) is 9.43. The van der Waals surface area contributed by atoms with Gasteiger partial charge in [-0.2, -0.15) is 13.2 Å². The Morgan fingerprint density at radius 3 is 2.48 bits per heavy atom. The van der Waals surface area contributed by atoms with Crippen LogP contribution in [-0.4, -0.2) is 52.5 Å². The van der Waals surface area contributed by atoms with Crippen LogP contribution in [-0.2, 0) is 10.0 Å². The van der Waals surface area contributed by atoms with Gasteiger partial charge in [-0.05, 0) is 25.7 Å². The Balaban J connectivity index is 2.31. The van der Waals surface area contributed by atoms with Crippen LogP contribution in [0.25, 0.3) is 0 Å². The van der Waals surface area contributed by atoms with Crippen molar-refractivity contribution in [2.75, 3.05) is 31.9 Å². The van der Waals surface area contributed by atoms with Crippen LogP contribution in [0.2, 0.25) is 0 Å². The van der Waals surface area contributed by atoms with Crippen molar-refractivity contribution >= 4 is 16.0 Å². The fraction of sp³-hybridized carbons (Fsp3) is 0.923. The van der Waals surface area contributed by atoms with Crippen LogP contribution in [0.4, 0.5) is 13.2 Å². The van der Waals surface area contributed by atoms with Gasteiger partial charge in [0.2, 0.25) is 10.0 Å². The molecule has 0 aromatic carbocycles. The molecular formula is C13H25F3N4O2S. The van der Waals surface area contributed by atoms with E-state index in [2.05, 4.69) is 20.3 Å². The van der Waals surface area contributed by atoms with Crippen LogP contribution in [0.5, 0.6) is 0 Å². The molecule has 1 fully saturated rings. The van der Waals surface area contributed by atoms with Crippen molar-refractivity contribution in [1.29, 1.82) is 0 Å². The summed E-state index contributed by atoms with van der Waals surface area (Å²) in [7, 11) is -3.38. The van der Waals surface area contributed by atoms with Gasteiger partial charge in [-0.1, -0.05) is 6.42 Å². The number of nitrogens with zero attached hydrogens (tertiary/aromatic N) is 1. The Kier molecular flexibility index (Phi) is 8.10. The summed E-state index contributed by atoms with van der Waals surface area (Å²) in [6.45, 7) is 2.40. The Hall–Kier alpha value is -1.03. The van der Waals surface area contributed by atoms with Crippen molar-refractivity contribution < 1.29 is 21.6 Å². The number of aliphatic imine (C=N–C) groups is 1. The van der Waals surface area contributed by atoms with Crippen molar-refractivity contribution in [3.05, 3.63) is 0 Å². The Morgan fingerprint density at radius 2 is 1.96 bits per heavy atom. The van der Waals surface area contributed by atoms with E-state index in [0.29, 0.717) is 19.0 Å². The zero-order valence-corrected chi connectivity index (χ0v) is 14.1. The molecule has 1 aliphatic carbocycles. The molecule has 0 radical (unpaired) electrons. The highest BCUT2D eigenvalue weighted by Crippen LogP contribution is 2.25. The van der Waals surface area contributed by atoms with Gasteiger partial charge in [-0.3, -0.25) is 4.99 Å². The molecule has 23 heavy (non-hydrogen) atoms. The Morgan fingerprint density at radius 1 is 1.26 bits per heavy atom. The third-order valence-electron chi connectivity index (χ3n) is 3.49. The number of halogens is 3. The van der Waals surface area contributed by atoms with Crippen molar-refractivity contribution in [1.82, 2.24) is 15.4 Å². The average Bonchev–Trinajstić information content (AvgIpc) is 2.35. The number of hydrogen-bond acceptors (Lipinski definition) is 3. The SMILES string of the molecule is CCNC(=NCCC(F)(F)F)NCCS(=O)(=O)NCC1CCC1. The average molecular weight is 358 g/mol. The van der Waals surface area contributed by atoms with Crippen molar-refractivity contribution in [2.45, 2.75) is 38.8 Å². The first-order chi connectivity index (χ1) is 10.7. The lowest BCUT2D eigenvalue weighted by molar-refractivity contribution is -0.132. The monoisotopic (exact) mass is 358 g/mol. The zero-order chi connectivity index (χ0) is 17.3. The summed E-state index contributed by atoms with van der Waals surface area (Å²) in [5.74, 6) is 0.466. The topological polar surface area (TPSA) is 82.6 Å². The Bertz CT molecular complexity index is 476. The minimum absolute atomic E-state index is 0.0812. The molecule has 0 aliphatic heterocycles. The lowest BCUT2D eigenvalue weighted by atomic mass is 9.86. The highest BCUT2D eigenvalue weighted by atomic mass is 32.2. The number of nitrogens with one attached hydrogen (secondary N) is 3. The van der Waals surface area contributed by atoms with Gasteiger partial charge in [-0.25, -0.2) is 13.1 Å². The minimum atomic E-state index is -4.25. The standard InChI is InChI=1S/C13H25F3N4O2S/c1-2-17-12(18-7-6-13(14,15)16)19-8-9-23(21,22)20-10-11-4-3-5-11/h11,20H,2-10H2,1H3,(H2,17,18,19). The van der Waals surface area contributed by atoms with Crippen LogP contribution in [0.3, 0.4) is 0 Å². The lowest BCUT2D eigenvalue weighted by Crippen LogP contribution is -2.42. The van der Waals surface area contributed by atoms with Crippen LogP contribution >= 0.6 is 0 Å². The summed E-state index contributed by atoms with van der Waals surface area (Å²) in [6, 6.07) is 0. The van der Waals surface area contributed by atoms with E-state index in [0.717, 1.165) is 19.3 Å². The maximum atomic E-state index is 12.1. The fourth-order valence-electron chi connectivity index (χ4n) is 1.95. The maximum absolute atomic E-state index is 12.1. The summed E-state index contributed by atoms with van der Waals surface area (Å²) in [5, 5.41) is 5.51. The molecule has 0 amide bonds. The predicted molar refractivity (Wildman–Crippen MR) is 83.8 cm³/mol. The number of hydrogen-bond donors (Lipinski definition) is 3. The van der Waals surface area contributed by atoms with Crippen molar-refractivity contribution in [2.24, 2.45) is 10.9 Å².